The Morgan fingerprint density at radius 1 is 1.29 bits per heavy atom. The normalized spacial score (nSPS) is 11.5. The summed E-state index contributed by atoms with van der Waals surface area (Å²) >= 11 is 0. The molecule has 0 aromatic heterocycles. The summed E-state index contributed by atoms with van der Waals surface area (Å²) in [4.78, 5) is 10.2. The molecule has 0 bridgehead atoms. The van der Waals surface area contributed by atoms with Gasteiger partial charge in [0.2, 0.25) is 5.82 Å². The van der Waals surface area contributed by atoms with Crippen LogP contribution in [-0.4, -0.2) is 4.92 Å². The van der Waals surface area contributed by atoms with E-state index in [1.807, 2.05) is 6.07 Å². The van der Waals surface area contributed by atoms with Crippen molar-refractivity contribution in [2.45, 2.75) is 13.0 Å². The Morgan fingerprint density at radius 2 is 1.95 bits per heavy atom. The number of hydrogen-bond acceptors (Lipinski definition) is 4. The Balaban J connectivity index is 2.27. The topological polar surface area (TPSA) is 79.0 Å². The van der Waals surface area contributed by atoms with E-state index in [9.17, 15) is 14.5 Å². The molecule has 2 aromatic carbocycles. The zero-order chi connectivity index (χ0) is 15.4. The molecular weight excluding hydrogens is 273 g/mol. The van der Waals surface area contributed by atoms with Crippen molar-refractivity contribution in [2.24, 2.45) is 0 Å². The first-order chi connectivity index (χ1) is 10.0. The monoisotopic (exact) mass is 285 g/mol. The Hall–Kier alpha value is -2.94. The van der Waals surface area contributed by atoms with Crippen LogP contribution in [0.15, 0.2) is 42.5 Å². The molecule has 0 saturated heterocycles. The molecule has 5 nitrogen and oxygen atoms in total. The number of para-hydroxylation sites is 1. The second kappa shape index (κ2) is 6.01. The van der Waals surface area contributed by atoms with Crippen molar-refractivity contribution in [2.75, 3.05) is 5.32 Å². The number of nitrogens with one attached hydrogen (secondary N) is 1. The predicted octanol–water partition coefficient (Wildman–Crippen LogP) is 3.78. The fourth-order valence-electron chi connectivity index (χ4n) is 1.98. The fourth-order valence-corrected chi connectivity index (χ4v) is 1.98. The summed E-state index contributed by atoms with van der Waals surface area (Å²) in [5.41, 5.74) is 0.921. The van der Waals surface area contributed by atoms with Gasteiger partial charge in [-0.3, -0.25) is 10.1 Å². The number of nitriles is 1. The quantitative estimate of drug-likeness (QED) is 0.685. The first-order valence-corrected chi connectivity index (χ1v) is 6.22. The first-order valence-electron chi connectivity index (χ1n) is 6.22. The van der Waals surface area contributed by atoms with Crippen molar-refractivity contribution >= 4 is 11.4 Å². The van der Waals surface area contributed by atoms with Crippen molar-refractivity contribution in [1.29, 1.82) is 5.26 Å². The molecule has 0 fully saturated rings. The lowest BCUT2D eigenvalue weighted by atomic mass is 10.1. The molecule has 0 aliphatic heterocycles. The highest BCUT2D eigenvalue weighted by atomic mass is 19.1. The number of anilines is 1. The van der Waals surface area contributed by atoms with Gasteiger partial charge in [0.15, 0.2) is 0 Å². The molecule has 21 heavy (non-hydrogen) atoms. The number of halogens is 1. The van der Waals surface area contributed by atoms with E-state index in [-0.39, 0.29) is 11.7 Å². The molecule has 0 heterocycles. The van der Waals surface area contributed by atoms with E-state index in [2.05, 4.69) is 5.32 Å². The third kappa shape index (κ3) is 3.15. The Labute approximate surface area is 120 Å². The van der Waals surface area contributed by atoms with Crippen LogP contribution in [0.3, 0.4) is 0 Å². The average molecular weight is 285 g/mol. The van der Waals surface area contributed by atoms with E-state index in [1.165, 1.54) is 12.1 Å². The summed E-state index contributed by atoms with van der Waals surface area (Å²) in [6.45, 7) is 1.80. The van der Waals surface area contributed by atoms with Gasteiger partial charge in [0, 0.05) is 6.04 Å². The van der Waals surface area contributed by atoms with E-state index in [1.54, 1.807) is 31.2 Å². The molecule has 1 N–H and O–H groups in total. The second-order valence-electron chi connectivity index (χ2n) is 4.49. The third-order valence-electron chi connectivity index (χ3n) is 3.08. The molecule has 1 unspecified atom stereocenters. The predicted molar refractivity (Wildman–Crippen MR) is 76.2 cm³/mol. The van der Waals surface area contributed by atoms with Crippen LogP contribution in [0.25, 0.3) is 0 Å². The van der Waals surface area contributed by atoms with Crippen LogP contribution >= 0.6 is 0 Å². The Bertz CT molecular complexity index is 708. The van der Waals surface area contributed by atoms with Crippen LogP contribution < -0.4 is 5.32 Å². The van der Waals surface area contributed by atoms with Gasteiger partial charge < -0.3 is 5.32 Å². The number of hydrogen-bond donors (Lipinski definition) is 1. The maximum atomic E-state index is 13.5. The smallest absolute Gasteiger partial charge is 0.327 e. The van der Waals surface area contributed by atoms with Gasteiger partial charge in [0.25, 0.3) is 0 Å². The molecule has 6 heteroatoms. The molecule has 0 spiro atoms. The molecule has 0 aliphatic carbocycles. The standard InChI is InChI=1S/C15H12FN3O2/c1-10(12-7-5-11(9-17)6-8-12)18-14-4-2-3-13(16)15(14)19(20)21/h2-8,10,18H,1H3. The third-order valence-corrected chi connectivity index (χ3v) is 3.08. The summed E-state index contributed by atoms with van der Waals surface area (Å²) in [6, 6.07) is 12.5. The highest BCUT2D eigenvalue weighted by Crippen LogP contribution is 2.30. The summed E-state index contributed by atoms with van der Waals surface area (Å²) in [6.07, 6.45) is 0. The lowest BCUT2D eigenvalue weighted by Gasteiger charge is -2.15. The van der Waals surface area contributed by atoms with E-state index in [0.717, 1.165) is 11.6 Å². The van der Waals surface area contributed by atoms with E-state index >= 15 is 0 Å². The van der Waals surface area contributed by atoms with Gasteiger partial charge >= 0.3 is 5.69 Å². The molecular formula is C15H12FN3O2. The first kappa shape index (κ1) is 14.5. The molecule has 0 saturated carbocycles. The molecule has 0 amide bonds. The summed E-state index contributed by atoms with van der Waals surface area (Å²) in [5.74, 6) is -0.878. The zero-order valence-electron chi connectivity index (χ0n) is 11.2. The fraction of sp³-hybridized carbons (Fsp3) is 0.133. The largest absolute Gasteiger partial charge is 0.373 e. The average Bonchev–Trinajstić information content (AvgIpc) is 2.47. The van der Waals surface area contributed by atoms with Crippen molar-refractivity contribution in [1.82, 2.24) is 0 Å². The molecule has 0 radical (unpaired) electrons. The maximum Gasteiger partial charge on any atom is 0.327 e. The highest BCUT2D eigenvalue weighted by molar-refractivity contribution is 5.62. The zero-order valence-corrected chi connectivity index (χ0v) is 11.2. The molecule has 2 rings (SSSR count). The highest BCUT2D eigenvalue weighted by Gasteiger charge is 2.21. The van der Waals surface area contributed by atoms with Crippen LogP contribution in [0, 0.1) is 27.3 Å². The van der Waals surface area contributed by atoms with Crippen molar-refractivity contribution in [3.8, 4) is 6.07 Å². The molecule has 1 atom stereocenters. The lowest BCUT2D eigenvalue weighted by Crippen LogP contribution is -2.09. The number of benzene rings is 2. The summed E-state index contributed by atoms with van der Waals surface area (Å²) < 4.78 is 13.5. The van der Waals surface area contributed by atoms with Gasteiger partial charge in [0.05, 0.1) is 16.6 Å². The van der Waals surface area contributed by atoms with Gasteiger partial charge in [0.1, 0.15) is 5.69 Å². The Morgan fingerprint density at radius 3 is 2.52 bits per heavy atom. The molecule has 106 valence electrons. The van der Waals surface area contributed by atoms with Gasteiger partial charge in [-0.05, 0) is 36.8 Å². The number of nitrogens with zero attached hydrogens (tertiary/aromatic N) is 2. The van der Waals surface area contributed by atoms with Crippen molar-refractivity contribution < 1.29 is 9.31 Å². The van der Waals surface area contributed by atoms with E-state index in [4.69, 9.17) is 5.26 Å². The molecule has 2 aromatic rings. The Kier molecular flexibility index (Phi) is 4.14. The van der Waals surface area contributed by atoms with Crippen molar-refractivity contribution in [3.05, 3.63) is 69.5 Å². The second-order valence-corrected chi connectivity index (χ2v) is 4.49. The van der Waals surface area contributed by atoms with Crippen molar-refractivity contribution in [3.63, 3.8) is 0 Å². The minimum Gasteiger partial charge on any atom is -0.373 e. The minimum absolute atomic E-state index is 0.122. The number of nitro groups is 1. The van der Waals surface area contributed by atoms with Crippen LogP contribution in [-0.2, 0) is 0 Å². The van der Waals surface area contributed by atoms with Gasteiger partial charge in [-0.1, -0.05) is 18.2 Å². The van der Waals surface area contributed by atoms with Crippen LogP contribution in [0.1, 0.15) is 24.1 Å². The summed E-state index contributed by atoms with van der Waals surface area (Å²) in [7, 11) is 0. The molecule has 0 aliphatic rings. The van der Waals surface area contributed by atoms with Gasteiger partial charge in [-0.2, -0.15) is 9.65 Å². The van der Waals surface area contributed by atoms with E-state index in [0.29, 0.717) is 5.56 Å². The summed E-state index contributed by atoms with van der Waals surface area (Å²) in [5, 5.41) is 22.6. The van der Waals surface area contributed by atoms with Crippen LogP contribution in [0.5, 0.6) is 0 Å². The van der Waals surface area contributed by atoms with E-state index < -0.39 is 16.4 Å². The lowest BCUT2D eigenvalue weighted by molar-refractivity contribution is -0.386. The maximum absolute atomic E-state index is 13.5. The van der Waals surface area contributed by atoms with Crippen LogP contribution in [0.4, 0.5) is 15.8 Å². The minimum atomic E-state index is -0.878. The number of rotatable bonds is 4. The van der Waals surface area contributed by atoms with Crippen LogP contribution in [0.2, 0.25) is 0 Å². The van der Waals surface area contributed by atoms with Gasteiger partial charge in [-0.25, -0.2) is 0 Å². The number of nitro benzene ring substituents is 1. The van der Waals surface area contributed by atoms with Gasteiger partial charge in [-0.15, -0.1) is 0 Å². The SMILES string of the molecule is CC(Nc1cccc(F)c1[N+](=O)[O-])c1ccc(C#N)cc1.